The van der Waals surface area contributed by atoms with E-state index in [-0.39, 0.29) is 16.8 Å². The van der Waals surface area contributed by atoms with Crippen LogP contribution in [0.4, 0.5) is 10.5 Å². The number of nitro groups is 1. The predicted octanol–water partition coefficient (Wildman–Crippen LogP) is 0.987. The molecule has 0 aromatic heterocycles. The number of amides is 3. The number of benzene rings is 1. The van der Waals surface area contributed by atoms with Crippen LogP contribution in [0.5, 0.6) is 0 Å². The first-order chi connectivity index (χ1) is 8.92. The molecule has 0 aliphatic carbocycles. The minimum Gasteiger partial charge on any atom is -0.341 e. The van der Waals surface area contributed by atoms with E-state index in [0.717, 1.165) is 11.0 Å². The summed E-state index contributed by atoms with van der Waals surface area (Å²) in [5.74, 6) is 1.50. The van der Waals surface area contributed by atoms with Gasteiger partial charge in [-0.25, -0.2) is 4.79 Å². The smallest absolute Gasteiger partial charge is 0.323 e. The van der Waals surface area contributed by atoms with Crippen LogP contribution in [0.1, 0.15) is 15.9 Å². The number of imide groups is 1. The van der Waals surface area contributed by atoms with E-state index in [4.69, 9.17) is 6.42 Å². The highest BCUT2D eigenvalue weighted by Gasteiger charge is 2.21. The fourth-order valence-corrected chi connectivity index (χ4v) is 1.39. The van der Waals surface area contributed by atoms with Crippen molar-refractivity contribution in [3.8, 4) is 12.3 Å². The fraction of sp³-hybridized carbons (Fsp3) is 0.167. The van der Waals surface area contributed by atoms with E-state index >= 15 is 0 Å². The van der Waals surface area contributed by atoms with Crippen LogP contribution in [0.25, 0.3) is 0 Å². The molecule has 1 aromatic carbocycles. The van der Waals surface area contributed by atoms with Gasteiger partial charge in [0.15, 0.2) is 0 Å². The van der Waals surface area contributed by atoms with Crippen molar-refractivity contribution in [3.63, 3.8) is 0 Å². The molecule has 0 saturated carbocycles. The van der Waals surface area contributed by atoms with Gasteiger partial charge in [0.2, 0.25) is 0 Å². The minimum atomic E-state index is -0.675. The highest BCUT2D eigenvalue weighted by molar-refractivity contribution is 6.04. The highest BCUT2D eigenvalue weighted by Crippen LogP contribution is 2.20. The Morgan fingerprint density at radius 1 is 1.47 bits per heavy atom. The van der Waals surface area contributed by atoms with E-state index in [9.17, 15) is 19.7 Å². The SMILES string of the molecule is C#Cc1ccc(C(=O)N(C)C(=O)NC)cc1[N+](=O)[O-]. The number of terminal acetylenes is 1. The van der Waals surface area contributed by atoms with Gasteiger partial charge in [0.05, 0.1) is 4.92 Å². The van der Waals surface area contributed by atoms with Crippen LogP contribution in [-0.4, -0.2) is 35.9 Å². The van der Waals surface area contributed by atoms with Crippen molar-refractivity contribution in [2.24, 2.45) is 0 Å². The van der Waals surface area contributed by atoms with Crippen LogP contribution < -0.4 is 5.32 Å². The molecule has 0 atom stereocenters. The minimum absolute atomic E-state index is 0.0109. The third-order valence-corrected chi connectivity index (χ3v) is 2.42. The molecule has 0 spiro atoms. The van der Waals surface area contributed by atoms with Crippen molar-refractivity contribution in [2.75, 3.05) is 14.1 Å². The number of rotatable bonds is 2. The Kier molecular flexibility index (Phi) is 4.21. The van der Waals surface area contributed by atoms with E-state index in [0.29, 0.717) is 0 Å². The van der Waals surface area contributed by atoms with Gasteiger partial charge >= 0.3 is 6.03 Å². The predicted molar refractivity (Wildman–Crippen MR) is 67.6 cm³/mol. The average Bonchev–Trinajstić information content (AvgIpc) is 2.43. The number of nitro benzene ring substituents is 1. The lowest BCUT2D eigenvalue weighted by atomic mass is 10.1. The number of hydrogen-bond acceptors (Lipinski definition) is 4. The first-order valence-corrected chi connectivity index (χ1v) is 5.17. The van der Waals surface area contributed by atoms with Crippen LogP contribution in [0.2, 0.25) is 0 Å². The highest BCUT2D eigenvalue weighted by atomic mass is 16.6. The van der Waals surface area contributed by atoms with Gasteiger partial charge in [-0.1, -0.05) is 5.92 Å². The van der Waals surface area contributed by atoms with Gasteiger partial charge in [-0.2, -0.15) is 0 Å². The summed E-state index contributed by atoms with van der Waals surface area (Å²) < 4.78 is 0. The van der Waals surface area contributed by atoms with E-state index < -0.39 is 16.9 Å². The molecule has 1 N–H and O–H groups in total. The van der Waals surface area contributed by atoms with Crippen molar-refractivity contribution in [2.45, 2.75) is 0 Å². The Morgan fingerprint density at radius 2 is 2.11 bits per heavy atom. The standard InChI is InChI=1S/C12H11N3O4/c1-4-8-5-6-9(7-10(8)15(18)19)11(16)14(3)12(17)13-2/h1,5-7H,2-3H3,(H,13,17). The maximum absolute atomic E-state index is 11.9. The van der Waals surface area contributed by atoms with Crippen molar-refractivity contribution in [1.29, 1.82) is 0 Å². The summed E-state index contributed by atoms with van der Waals surface area (Å²) in [4.78, 5) is 34.2. The fourth-order valence-electron chi connectivity index (χ4n) is 1.39. The third kappa shape index (κ3) is 2.87. The van der Waals surface area contributed by atoms with E-state index in [1.165, 1.54) is 26.2 Å². The van der Waals surface area contributed by atoms with E-state index in [1.807, 2.05) is 0 Å². The lowest BCUT2D eigenvalue weighted by Gasteiger charge is -2.14. The topological polar surface area (TPSA) is 92.6 Å². The van der Waals surface area contributed by atoms with Crippen LogP contribution in [0.15, 0.2) is 18.2 Å². The first kappa shape index (κ1) is 14.2. The van der Waals surface area contributed by atoms with Crippen molar-refractivity contribution >= 4 is 17.6 Å². The number of carbonyl (C=O) groups excluding carboxylic acids is 2. The Morgan fingerprint density at radius 3 is 2.58 bits per heavy atom. The van der Waals surface area contributed by atoms with Gasteiger partial charge in [0, 0.05) is 25.7 Å². The Bertz CT molecular complexity index is 589. The van der Waals surface area contributed by atoms with E-state index in [2.05, 4.69) is 11.2 Å². The molecule has 0 aliphatic rings. The quantitative estimate of drug-likeness (QED) is 0.488. The third-order valence-electron chi connectivity index (χ3n) is 2.42. The van der Waals surface area contributed by atoms with Crippen LogP contribution in [-0.2, 0) is 0 Å². The number of nitrogens with zero attached hydrogens (tertiary/aromatic N) is 2. The zero-order chi connectivity index (χ0) is 14.6. The monoisotopic (exact) mass is 261 g/mol. The number of nitrogens with one attached hydrogen (secondary N) is 1. The molecule has 0 aliphatic heterocycles. The summed E-state index contributed by atoms with van der Waals surface area (Å²) in [7, 11) is 2.64. The lowest BCUT2D eigenvalue weighted by Crippen LogP contribution is -2.39. The molecule has 3 amide bonds. The second-order valence-electron chi connectivity index (χ2n) is 3.55. The summed E-state index contributed by atoms with van der Waals surface area (Å²) in [5.41, 5.74) is -0.264. The average molecular weight is 261 g/mol. The maximum Gasteiger partial charge on any atom is 0.323 e. The van der Waals surface area contributed by atoms with Crippen LogP contribution in [0.3, 0.4) is 0 Å². The van der Waals surface area contributed by atoms with Crippen molar-refractivity contribution in [3.05, 3.63) is 39.4 Å². The summed E-state index contributed by atoms with van der Waals surface area (Å²) >= 11 is 0. The van der Waals surface area contributed by atoms with Gasteiger partial charge in [0.25, 0.3) is 11.6 Å². The van der Waals surface area contributed by atoms with Crippen LogP contribution in [0, 0.1) is 22.5 Å². The molecule has 0 heterocycles. The molecular formula is C12H11N3O4. The Hall–Kier alpha value is -2.88. The van der Waals surface area contributed by atoms with Crippen molar-refractivity contribution in [1.82, 2.24) is 10.2 Å². The largest absolute Gasteiger partial charge is 0.341 e. The lowest BCUT2D eigenvalue weighted by molar-refractivity contribution is -0.385. The summed E-state index contributed by atoms with van der Waals surface area (Å²) in [6.07, 6.45) is 5.13. The number of hydrogen-bond donors (Lipinski definition) is 1. The van der Waals surface area contributed by atoms with Gasteiger partial charge < -0.3 is 5.32 Å². The van der Waals surface area contributed by atoms with Crippen molar-refractivity contribution < 1.29 is 14.5 Å². The molecule has 7 heteroatoms. The Balaban J connectivity index is 3.20. The van der Waals surface area contributed by atoms with Crippen LogP contribution >= 0.6 is 0 Å². The molecule has 1 aromatic rings. The normalized spacial score (nSPS) is 9.32. The summed E-state index contributed by atoms with van der Waals surface area (Å²) in [6, 6.07) is 3.07. The molecule has 0 radical (unpaired) electrons. The molecule has 19 heavy (non-hydrogen) atoms. The zero-order valence-corrected chi connectivity index (χ0v) is 10.3. The molecular weight excluding hydrogens is 250 g/mol. The second kappa shape index (κ2) is 5.64. The summed E-state index contributed by atoms with van der Waals surface area (Å²) in [5, 5.41) is 13.1. The maximum atomic E-state index is 11.9. The molecule has 0 fully saturated rings. The van der Waals surface area contributed by atoms with E-state index in [1.54, 1.807) is 0 Å². The molecule has 98 valence electrons. The van der Waals surface area contributed by atoms with Gasteiger partial charge in [-0.15, -0.1) is 6.42 Å². The molecule has 1 rings (SSSR count). The molecule has 0 saturated heterocycles. The number of urea groups is 1. The molecule has 0 unspecified atom stereocenters. The second-order valence-corrected chi connectivity index (χ2v) is 3.55. The summed E-state index contributed by atoms with van der Waals surface area (Å²) in [6.45, 7) is 0. The first-order valence-electron chi connectivity index (χ1n) is 5.17. The molecule has 7 nitrogen and oxygen atoms in total. The Labute approximate surface area is 109 Å². The zero-order valence-electron chi connectivity index (χ0n) is 10.3. The van der Waals surface area contributed by atoms with Gasteiger partial charge in [-0.05, 0) is 12.1 Å². The van der Waals surface area contributed by atoms with Gasteiger partial charge in [0.1, 0.15) is 5.56 Å². The molecule has 0 bridgehead atoms. The van der Waals surface area contributed by atoms with Gasteiger partial charge in [-0.3, -0.25) is 19.8 Å². The number of carbonyl (C=O) groups is 2.